The van der Waals surface area contributed by atoms with E-state index >= 15 is 0 Å². The topological polar surface area (TPSA) is 49.3 Å². The van der Waals surface area contributed by atoms with Crippen molar-refractivity contribution in [2.75, 3.05) is 7.05 Å². The number of hydrogen-bond acceptors (Lipinski definition) is 2. The Kier molecular flexibility index (Phi) is 3.92. The van der Waals surface area contributed by atoms with Crippen LogP contribution < -0.4 is 5.32 Å². The third-order valence-corrected chi connectivity index (χ3v) is 3.03. The lowest BCUT2D eigenvalue weighted by molar-refractivity contribution is -0.139. The van der Waals surface area contributed by atoms with Gasteiger partial charge in [-0.3, -0.25) is 4.79 Å². The summed E-state index contributed by atoms with van der Waals surface area (Å²) in [6.45, 7) is 0. The second-order valence-corrected chi connectivity index (χ2v) is 4.00. The number of carboxylic acids is 1. The average Bonchev–Trinajstić information content (AvgIpc) is 2.11. The Bertz CT molecular complexity index is 357. The molecule has 1 aromatic rings. The molecule has 1 aromatic carbocycles. The largest absolute Gasteiger partial charge is 0.480 e. The number of halogens is 2. The molecule has 1 rings (SSSR count). The summed E-state index contributed by atoms with van der Waals surface area (Å²) in [5.41, 5.74) is 0.663. The van der Waals surface area contributed by atoms with Gasteiger partial charge in [0.25, 0.3) is 0 Å². The van der Waals surface area contributed by atoms with Gasteiger partial charge < -0.3 is 10.4 Å². The number of likely N-dealkylation sites (N-methyl/N-ethyl adjacent to an activating group) is 1. The molecule has 1 unspecified atom stereocenters. The summed E-state index contributed by atoms with van der Waals surface area (Å²) in [4.78, 5) is 10.8. The number of nitrogens with one attached hydrogen (secondary N) is 1. The van der Waals surface area contributed by atoms with Crippen LogP contribution in [0, 0.1) is 0 Å². The highest BCUT2D eigenvalue weighted by molar-refractivity contribution is 9.10. The standard InChI is InChI=1S/C9H9BrClNO2/c1-12-8(9(13)14)5-2-3-7(11)6(10)4-5/h2-4,8,12H,1H3,(H,13,14). The molecule has 76 valence electrons. The number of carbonyl (C=O) groups is 1. The molecule has 0 aliphatic heterocycles. The van der Waals surface area contributed by atoms with Gasteiger partial charge in [-0.1, -0.05) is 17.7 Å². The van der Waals surface area contributed by atoms with Crippen molar-refractivity contribution < 1.29 is 9.90 Å². The Morgan fingerprint density at radius 1 is 1.64 bits per heavy atom. The van der Waals surface area contributed by atoms with E-state index in [0.29, 0.717) is 15.1 Å². The van der Waals surface area contributed by atoms with Crippen molar-refractivity contribution in [3.05, 3.63) is 33.3 Å². The molecule has 0 spiro atoms. The monoisotopic (exact) mass is 277 g/mol. The van der Waals surface area contributed by atoms with E-state index in [0.717, 1.165) is 0 Å². The van der Waals surface area contributed by atoms with Crippen LogP contribution in [0.25, 0.3) is 0 Å². The molecule has 1 atom stereocenters. The molecular formula is C9H9BrClNO2. The SMILES string of the molecule is CNC(C(=O)O)c1ccc(Cl)c(Br)c1. The van der Waals surface area contributed by atoms with Crippen LogP contribution >= 0.6 is 27.5 Å². The van der Waals surface area contributed by atoms with Gasteiger partial charge in [-0.2, -0.15) is 0 Å². The first-order valence-corrected chi connectivity index (χ1v) is 5.08. The highest BCUT2D eigenvalue weighted by Crippen LogP contribution is 2.26. The first-order valence-electron chi connectivity index (χ1n) is 3.91. The molecule has 14 heavy (non-hydrogen) atoms. The van der Waals surface area contributed by atoms with Crippen LogP contribution in [0.3, 0.4) is 0 Å². The van der Waals surface area contributed by atoms with Gasteiger partial charge in [-0.25, -0.2) is 0 Å². The maximum atomic E-state index is 10.8. The number of rotatable bonds is 3. The van der Waals surface area contributed by atoms with Crippen molar-refractivity contribution in [3.63, 3.8) is 0 Å². The van der Waals surface area contributed by atoms with E-state index in [-0.39, 0.29) is 0 Å². The van der Waals surface area contributed by atoms with Crippen molar-refractivity contribution in [1.29, 1.82) is 0 Å². The van der Waals surface area contributed by atoms with Crippen molar-refractivity contribution in [3.8, 4) is 0 Å². The van der Waals surface area contributed by atoms with Crippen LogP contribution in [0.15, 0.2) is 22.7 Å². The van der Waals surface area contributed by atoms with Crippen LogP contribution in [-0.4, -0.2) is 18.1 Å². The molecule has 3 nitrogen and oxygen atoms in total. The fourth-order valence-corrected chi connectivity index (χ4v) is 1.64. The summed E-state index contributed by atoms with van der Waals surface area (Å²) < 4.78 is 0.693. The minimum Gasteiger partial charge on any atom is -0.480 e. The van der Waals surface area contributed by atoms with E-state index in [9.17, 15) is 4.79 Å². The van der Waals surface area contributed by atoms with Crippen LogP contribution in [0.5, 0.6) is 0 Å². The van der Waals surface area contributed by atoms with Crippen molar-refractivity contribution in [2.45, 2.75) is 6.04 Å². The van der Waals surface area contributed by atoms with E-state index in [4.69, 9.17) is 16.7 Å². The smallest absolute Gasteiger partial charge is 0.325 e. The first-order chi connectivity index (χ1) is 6.56. The van der Waals surface area contributed by atoms with Crippen LogP contribution in [0.1, 0.15) is 11.6 Å². The summed E-state index contributed by atoms with van der Waals surface area (Å²) in [6, 6.07) is 4.33. The molecule has 0 radical (unpaired) electrons. The minimum atomic E-state index is -0.915. The van der Waals surface area contributed by atoms with Crippen LogP contribution in [-0.2, 0) is 4.79 Å². The molecule has 0 aromatic heterocycles. The van der Waals surface area contributed by atoms with Gasteiger partial charge in [0.2, 0.25) is 0 Å². The molecule has 5 heteroatoms. The fourth-order valence-electron chi connectivity index (χ4n) is 1.12. The quantitative estimate of drug-likeness (QED) is 0.893. The predicted molar refractivity (Wildman–Crippen MR) is 58.6 cm³/mol. The Labute approximate surface area is 95.2 Å². The maximum absolute atomic E-state index is 10.8. The van der Waals surface area contributed by atoms with E-state index in [2.05, 4.69) is 21.2 Å². The third kappa shape index (κ3) is 2.47. The van der Waals surface area contributed by atoms with Gasteiger partial charge in [0.15, 0.2) is 0 Å². The van der Waals surface area contributed by atoms with Crippen LogP contribution in [0.4, 0.5) is 0 Å². The molecule has 2 N–H and O–H groups in total. The Balaban J connectivity index is 3.06. The van der Waals surface area contributed by atoms with Gasteiger partial charge >= 0.3 is 5.97 Å². The molecule has 0 aliphatic rings. The van der Waals surface area contributed by atoms with Crippen LogP contribution in [0.2, 0.25) is 5.02 Å². The van der Waals surface area contributed by atoms with E-state index in [1.807, 2.05) is 0 Å². The van der Waals surface area contributed by atoms with Gasteiger partial charge in [-0.15, -0.1) is 0 Å². The highest BCUT2D eigenvalue weighted by atomic mass is 79.9. The summed E-state index contributed by atoms with van der Waals surface area (Å²) in [5, 5.41) is 12.1. The predicted octanol–water partition coefficient (Wildman–Crippen LogP) is 2.45. The van der Waals surface area contributed by atoms with Crippen molar-refractivity contribution in [2.24, 2.45) is 0 Å². The molecule has 0 heterocycles. The van der Waals surface area contributed by atoms with Gasteiger partial charge in [0, 0.05) is 4.47 Å². The lowest BCUT2D eigenvalue weighted by Gasteiger charge is -2.11. The highest BCUT2D eigenvalue weighted by Gasteiger charge is 2.17. The fraction of sp³-hybridized carbons (Fsp3) is 0.222. The number of carboxylic acid groups (broad SMARTS) is 1. The molecular weight excluding hydrogens is 269 g/mol. The Morgan fingerprint density at radius 3 is 2.71 bits per heavy atom. The zero-order valence-electron chi connectivity index (χ0n) is 7.42. The summed E-state index contributed by atoms with van der Waals surface area (Å²) in [6.07, 6.45) is 0. The number of benzene rings is 1. The van der Waals surface area contributed by atoms with Gasteiger partial charge in [0.05, 0.1) is 5.02 Å². The minimum absolute atomic E-state index is 0.564. The lowest BCUT2D eigenvalue weighted by Crippen LogP contribution is -2.24. The summed E-state index contributed by atoms with van der Waals surface area (Å²) >= 11 is 9.03. The van der Waals surface area contributed by atoms with Crippen molar-refractivity contribution >= 4 is 33.5 Å². The van der Waals surface area contributed by atoms with E-state index in [1.165, 1.54) is 0 Å². The van der Waals surface area contributed by atoms with Gasteiger partial charge in [-0.05, 0) is 40.7 Å². The normalized spacial score (nSPS) is 12.5. The molecule has 0 aliphatic carbocycles. The zero-order valence-corrected chi connectivity index (χ0v) is 9.76. The number of aliphatic carboxylic acids is 1. The van der Waals surface area contributed by atoms with E-state index < -0.39 is 12.0 Å². The molecule has 0 saturated carbocycles. The summed E-state index contributed by atoms with van der Waals surface area (Å²) in [7, 11) is 1.60. The lowest BCUT2D eigenvalue weighted by atomic mass is 10.1. The van der Waals surface area contributed by atoms with Crippen molar-refractivity contribution in [1.82, 2.24) is 5.32 Å². The Hall–Kier alpha value is -0.580. The third-order valence-electron chi connectivity index (χ3n) is 1.81. The average molecular weight is 279 g/mol. The number of hydrogen-bond donors (Lipinski definition) is 2. The second kappa shape index (κ2) is 4.77. The Morgan fingerprint density at radius 2 is 2.29 bits per heavy atom. The molecule has 0 saturated heterocycles. The molecule has 0 bridgehead atoms. The van der Waals surface area contributed by atoms with Gasteiger partial charge in [0.1, 0.15) is 6.04 Å². The zero-order chi connectivity index (χ0) is 10.7. The van der Waals surface area contributed by atoms with E-state index in [1.54, 1.807) is 25.2 Å². The second-order valence-electron chi connectivity index (χ2n) is 2.73. The first kappa shape index (κ1) is 11.5. The molecule has 0 fully saturated rings. The summed E-state index contributed by atoms with van der Waals surface area (Å²) in [5.74, 6) is -0.915. The molecule has 0 amide bonds. The maximum Gasteiger partial charge on any atom is 0.325 e.